The molecule has 0 heterocycles. The van der Waals surface area contributed by atoms with Crippen molar-refractivity contribution in [2.24, 2.45) is 5.92 Å². The highest BCUT2D eigenvalue weighted by Crippen LogP contribution is 2.23. The zero-order valence-electron chi connectivity index (χ0n) is 15.3. The Bertz CT molecular complexity index is 647. The Balaban J connectivity index is 2.57. The second-order valence-electron chi connectivity index (χ2n) is 6.07. The summed E-state index contributed by atoms with van der Waals surface area (Å²) in [6.45, 7) is 3.34. The molecule has 0 aliphatic heterocycles. The van der Waals surface area contributed by atoms with E-state index in [1.807, 2.05) is 13.8 Å². The highest BCUT2D eigenvalue weighted by atomic mass is 35.5. The lowest BCUT2D eigenvalue weighted by molar-refractivity contribution is -0.150. The average Bonchev–Trinajstić information content (AvgIpc) is 2.58. The van der Waals surface area contributed by atoms with Crippen LogP contribution < -0.4 is 10.1 Å². The molecule has 0 aliphatic rings. The maximum Gasteiger partial charge on any atom is 0.328 e. The van der Waals surface area contributed by atoms with E-state index in [9.17, 15) is 14.4 Å². The van der Waals surface area contributed by atoms with E-state index in [4.69, 9.17) is 21.1 Å². The average molecular weight is 386 g/mol. The predicted molar refractivity (Wildman–Crippen MR) is 96.1 cm³/mol. The van der Waals surface area contributed by atoms with Gasteiger partial charge in [0.1, 0.15) is 11.8 Å². The van der Waals surface area contributed by atoms with Gasteiger partial charge in [0, 0.05) is 10.6 Å². The number of carbonyl (C=O) groups is 3. The lowest BCUT2D eigenvalue weighted by Gasteiger charge is -2.18. The van der Waals surface area contributed by atoms with Gasteiger partial charge in [0.25, 0.3) is 5.91 Å². The van der Waals surface area contributed by atoms with Crippen molar-refractivity contribution in [3.8, 4) is 5.75 Å². The summed E-state index contributed by atoms with van der Waals surface area (Å²) in [6.07, 6.45) is 0.329. The van der Waals surface area contributed by atoms with Gasteiger partial charge in [-0.1, -0.05) is 25.4 Å². The minimum Gasteiger partial charge on any atom is -0.496 e. The zero-order chi connectivity index (χ0) is 19.7. The number of esters is 2. The summed E-state index contributed by atoms with van der Waals surface area (Å²) < 4.78 is 14.8. The number of rotatable bonds is 9. The second-order valence-corrected chi connectivity index (χ2v) is 6.50. The number of carbonyl (C=O) groups excluding carboxylic acids is 3. The Morgan fingerprint density at radius 3 is 2.46 bits per heavy atom. The summed E-state index contributed by atoms with van der Waals surface area (Å²) in [6, 6.07) is 4.10. The van der Waals surface area contributed by atoms with Gasteiger partial charge in [0.05, 0.1) is 20.6 Å². The van der Waals surface area contributed by atoms with Gasteiger partial charge in [-0.2, -0.15) is 0 Å². The predicted octanol–water partition coefficient (Wildman–Crippen LogP) is 2.14. The van der Waals surface area contributed by atoms with Crippen molar-refractivity contribution < 1.29 is 28.6 Å². The lowest BCUT2D eigenvalue weighted by atomic mass is 10.0. The van der Waals surface area contributed by atoms with Crippen molar-refractivity contribution in [3.63, 3.8) is 0 Å². The van der Waals surface area contributed by atoms with E-state index in [0.717, 1.165) is 0 Å². The summed E-state index contributed by atoms with van der Waals surface area (Å²) in [4.78, 5) is 35.6. The fourth-order valence-corrected chi connectivity index (χ4v) is 2.50. The number of methoxy groups -OCH3 is 2. The molecule has 0 saturated carbocycles. The molecule has 1 aromatic carbocycles. The molecule has 1 atom stereocenters. The van der Waals surface area contributed by atoms with Crippen LogP contribution >= 0.6 is 11.6 Å². The summed E-state index contributed by atoms with van der Waals surface area (Å²) in [5.41, 5.74) is 0.553. The zero-order valence-corrected chi connectivity index (χ0v) is 16.1. The number of hydrogen-bond donors (Lipinski definition) is 1. The number of nitrogens with one attached hydrogen (secondary N) is 1. The fraction of sp³-hybridized carbons (Fsp3) is 0.500. The first-order chi connectivity index (χ1) is 12.3. The van der Waals surface area contributed by atoms with Gasteiger partial charge in [-0.3, -0.25) is 9.59 Å². The Kier molecular flexibility index (Phi) is 8.92. The highest BCUT2D eigenvalue weighted by molar-refractivity contribution is 6.30. The molecule has 1 rings (SSSR count). The van der Waals surface area contributed by atoms with Gasteiger partial charge in [0.15, 0.2) is 6.61 Å². The lowest BCUT2D eigenvalue weighted by Crippen LogP contribution is -2.44. The largest absolute Gasteiger partial charge is 0.496 e. The van der Waals surface area contributed by atoms with Crippen molar-refractivity contribution in [1.29, 1.82) is 0 Å². The van der Waals surface area contributed by atoms with Crippen molar-refractivity contribution in [1.82, 2.24) is 5.32 Å². The molecule has 7 nitrogen and oxygen atoms in total. The third-order valence-corrected chi connectivity index (χ3v) is 3.70. The SMILES string of the molecule is COC(=O)[C@H](CC(C)C)NC(=O)COC(=O)Cc1cc(Cl)ccc1OC. The van der Waals surface area contributed by atoms with Gasteiger partial charge in [-0.05, 0) is 30.5 Å². The molecular weight excluding hydrogens is 362 g/mol. The van der Waals surface area contributed by atoms with Crippen LogP contribution in [-0.2, 0) is 30.3 Å². The number of hydrogen-bond acceptors (Lipinski definition) is 6. The molecule has 0 radical (unpaired) electrons. The molecule has 26 heavy (non-hydrogen) atoms. The monoisotopic (exact) mass is 385 g/mol. The normalized spacial score (nSPS) is 11.6. The number of benzene rings is 1. The van der Waals surface area contributed by atoms with E-state index in [0.29, 0.717) is 22.8 Å². The number of halogens is 1. The van der Waals surface area contributed by atoms with E-state index >= 15 is 0 Å². The van der Waals surface area contributed by atoms with E-state index in [2.05, 4.69) is 10.1 Å². The third kappa shape index (κ3) is 7.31. The number of amides is 1. The Labute approximate surface area is 157 Å². The first-order valence-electron chi connectivity index (χ1n) is 8.12. The van der Waals surface area contributed by atoms with Gasteiger partial charge in [0.2, 0.25) is 0 Å². The topological polar surface area (TPSA) is 90.9 Å². The van der Waals surface area contributed by atoms with Crippen LogP contribution in [0.5, 0.6) is 5.75 Å². The van der Waals surface area contributed by atoms with Crippen LogP contribution in [0.25, 0.3) is 0 Å². The van der Waals surface area contributed by atoms with Crippen molar-refractivity contribution in [3.05, 3.63) is 28.8 Å². The summed E-state index contributed by atoms with van der Waals surface area (Å²) in [7, 11) is 2.73. The third-order valence-electron chi connectivity index (χ3n) is 3.47. The Morgan fingerprint density at radius 2 is 1.88 bits per heavy atom. The minimum atomic E-state index is -0.778. The fourth-order valence-electron chi connectivity index (χ4n) is 2.30. The molecule has 1 N–H and O–H groups in total. The Hall–Kier alpha value is -2.28. The minimum absolute atomic E-state index is 0.0938. The molecule has 144 valence electrons. The maximum atomic E-state index is 12.0. The van der Waals surface area contributed by atoms with Crippen LogP contribution in [0.15, 0.2) is 18.2 Å². The van der Waals surface area contributed by atoms with Gasteiger partial charge in [-0.15, -0.1) is 0 Å². The molecule has 0 unspecified atom stereocenters. The van der Waals surface area contributed by atoms with E-state index in [1.165, 1.54) is 14.2 Å². The van der Waals surface area contributed by atoms with E-state index in [-0.39, 0.29) is 12.3 Å². The summed E-state index contributed by atoms with van der Waals surface area (Å²) >= 11 is 5.91. The molecule has 8 heteroatoms. The van der Waals surface area contributed by atoms with Crippen molar-refractivity contribution in [2.75, 3.05) is 20.8 Å². The molecule has 0 spiro atoms. The van der Waals surface area contributed by atoms with Gasteiger partial charge in [-0.25, -0.2) is 4.79 Å². The second kappa shape index (κ2) is 10.7. The standard InChI is InChI=1S/C18H24ClNO6/c1-11(2)7-14(18(23)25-4)20-16(21)10-26-17(22)9-12-8-13(19)5-6-15(12)24-3/h5-6,8,11,14H,7,9-10H2,1-4H3,(H,20,21)/t14-/m0/s1. The summed E-state index contributed by atoms with van der Waals surface area (Å²) in [5, 5.41) is 2.97. The van der Waals surface area contributed by atoms with Crippen LogP contribution in [0.3, 0.4) is 0 Å². The highest BCUT2D eigenvalue weighted by Gasteiger charge is 2.23. The van der Waals surface area contributed by atoms with Crippen molar-refractivity contribution >= 4 is 29.4 Å². The van der Waals surface area contributed by atoms with Crippen LogP contribution in [0, 0.1) is 5.92 Å². The Morgan fingerprint density at radius 1 is 1.19 bits per heavy atom. The quantitative estimate of drug-likeness (QED) is 0.655. The van der Waals surface area contributed by atoms with Gasteiger partial charge < -0.3 is 19.5 Å². The van der Waals surface area contributed by atoms with Crippen LogP contribution in [-0.4, -0.2) is 44.7 Å². The van der Waals surface area contributed by atoms with Crippen LogP contribution in [0.4, 0.5) is 0 Å². The molecule has 0 saturated heterocycles. The molecule has 0 bridgehead atoms. The van der Waals surface area contributed by atoms with E-state index < -0.39 is 30.5 Å². The molecule has 0 fully saturated rings. The molecule has 0 aromatic heterocycles. The maximum absolute atomic E-state index is 12.0. The van der Waals surface area contributed by atoms with Gasteiger partial charge >= 0.3 is 11.9 Å². The smallest absolute Gasteiger partial charge is 0.328 e. The molecule has 0 aliphatic carbocycles. The van der Waals surface area contributed by atoms with Crippen LogP contribution in [0.1, 0.15) is 25.8 Å². The van der Waals surface area contributed by atoms with Crippen LogP contribution in [0.2, 0.25) is 5.02 Å². The van der Waals surface area contributed by atoms with E-state index in [1.54, 1.807) is 18.2 Å². The summed E-state index contributed by atoms with van der Waals surface area (Å²) in [5.74, 6) is -1.05. The first-order valence-corrected chi connectivity index (χ1v) is 8.49. The number of ether oxygens (including phenoxy) is 3. The molecule has 1 amide bonds. The first kappa shape index (κ1) is 21.8. The molecule has 1 aromatic rings. The van der Waals surface area contributed by atoms with Crippen molar-refractivity contribution in [2.45, 2.75) is 32.7 Å². The molecular formula is C18H24ClNO6.